The number of pyridine rings is 1. The molecule has 0 unspecified atom stereocenters. The van der Waals surface area contributed by atoms with Crippen LogP contribution in [0, 0.1) is 0 Å². The number of aryl methyl sites for hydroxylation is 1. The molecule has 0 saturated carbocycles. The first-order valence-electron chi connectivity index (χ1n) is 8.16. The number of hydrogen-bond acceptors (Lipinski definition) is 5. The van der Waals surface area contributed by atoms with Gasteiger partial charge in [-0.1, -0.05) is 0 Å². The predicted octanol–water partition coefficient (Wildman–Crippen LogP) is 0.616. The van der Waals surface area contributed by atoms with Crippen LogP contribution in [0.25, 0.3) is 0 Å². The predicted molar refractivity (Wildman–Crippen MR) is 89.6 cm³/mol. The molecule has 7 heteroatoms. The summed E-state index contributed by atoms with van der Waals surface area (Å²) in [4.78, 5) is 32.3. The molecule has 1 amide bonds. The van der Waals surface area contributed by atoms with Crippen LogP contribution in [0.2, 0.25) is 0 Å². The summed E-state index contributed by atoms with van der Waals surface area (Å²) in [5, 5.41) is 4.15. The third-order valence-electron chi connectivity index (χ3n) is 4.20. The Morgan fingerprint density at radius 1 is 1.08 bits per heavy atom. The number of hydrogen-bond donors (Lipinski definition) is 0. The van der Waals surface area contributed by atoms with E-state index in [1.54, 1.807) is 17.3 Å². The zero-order valence-corrected chi connectivity index (χ0v) is 13.8. The Bertz CT molecular complexity index is 751. The van der Waals surface area contributed by atoms with Crippen LogP contribution in [0.4, 0.5) is 0 Å². The molecule has 3 heterocycles. The van der Waals surface area contributed by atoms with E-state index in [1.807, 2.05) is 19.1 Å². The van der Waals surface area contributed by atoms with Gasteiger partial charge in [-0.3, -0.25) is 19.5 Å². The number of carbonyl (C=O) groups is 1. The molecular weight excluding hydrogens is 306 g/mol. The van der Waals surface area contributed by atoms with Gasteiger partial charge in [0.2, 0.25) is 0 Å². The molecule has 1 saturated heterocycles. The van der Waals surface area contributed by atoms with E-state index < -0.39 is 0 Å². The summed E-state index contributed by atoms with van der Waals surface area (Å²) < 4.78 is 1.31. The molecule has 0 aromatic carbocycles. The molecule has 0 spiro atoms. The van der Waals surface area contributed by atoms with Crippen LogP contribution in [0.1, 0.15) is 23.0 Å². The van der Waals surface area contributed by atoms with Gasteiger partial charge in [0.05, 0.1) is 0 Å². The average Bonchev–Trinajstić information content (AvgIpc) is 2.63. The number of carbonyl (C=O) groups excluding carboxylic acids is 1. The fraction of sp³-hybridized carbons (Fsp3) is 0.412. The zero-order valence-electron chi connectivity index (χ0n) is 13.8. The second kappa shape index (κ2) is 7.35. The summed E-state index contributed by atoms with van der Waals surface area (Å²) in [5.74, 6) is -0.110. The molecule has 0 bridgehead atoms. The number of aromatic nitrogens is 3. The normalized spacial score (nSPS) is 15.5. The summed E-state index contributed by atoms with van der Waals surface area (Å²) in [6.45, 7) is 6.13. The number of rotatable bonds is 4. The van der Waals surface area contributed by atoms with Gasteiger partial charge in [-0.15, -0.1) is 0 Å². The lowest BCUT2D eigenvalue weighted by atomic mass is 10.2. The average molecular weight is 327 g/mol. The van der Waals surface area contributed by atoms with Crippen LogP contribution in [0.3, 0.4) is 0 Å². The highest BCUT2D eigenvalue weighted by molar-refractivity contribution is 5.92. The maximum absolute atomic E-state index is 12.6. The van der Waals surface area contributed by atoms with E-state index in [0.29, 0.717) is 25.3 Å². The first-order valence-corrected chi connectivity index (χ1v) is 8.16. The Balaban J connectivity index is 1.60. The molecule has 1 aliphatic heterocycles. The van der Waals surface area contributed by atoms with Crippen molar-refractivity contribution in [2.75, 3.05) is 26.2 Å². The van der Waals surface area contributed by atoms with Crippen LogP contribution >= 0.6 is 0 Å². The first-order chi connectivity index (χ1) is 11.7. The Morgan fingerprint density at radius 3 is 2.46 bits per heavy atom. The van der Waals surface area contributed by atoms with E-state index in [4.69, 9.17) is 0 Å². The molecule has 2 aromatic heterocycles. The lowest BCUT2D eigenvalue weighted by Gasteiger charge is -2.34. The van der Waals surface area contributed by atoms with Gasteiger partial charge in [0.25, 0.3) is 11.5 Å². The summed E-state index contributed by atoms with van der Waals surface area (Å²) in [5.41, 5.74) is 1.37. The zero-order chi connectivity index (χ0) is 16.9. The third kappa shape index (κ3) is 3.68. The largest absolute Gasteiger partial charge is 0.335 e. The number of nitrogens with zero attached hydrogens (tertiary/aromatic N) is 5. The quantitative estimate of drug-likeness (QED) is 0.823. The molecule has 1 fully saturated rings. The molecule has 7 nitrogen and oxygen atoms in total. The minimum absolute atomic E-state index is 0.110. The standard InChI is InChI=1S/C17H21N5O2/c1-2-22-16(23)4-3-15(19-22)17(24)21-11-9-20(10-12-21)13-14-5-7-18-8-6-14/h3-8H,2,9-13H2,1H3. The summed E-state index contributed by atoms with van der Waals surface area (Å²) in [6.07, 6.45) is 3.59. The van der Waals surface area contributed by atoms with Crippen molar-refractivity contribution in [3.63, 3.8) is 0 Å². The number of piperazine rings is 1. The molecule has 0 radical (unpaired) electrons. The topological polar surface area (TPSA) is 71.3 Å². The maximum atomic E-state index is 12.6. The van der Waals surface area contributed by atoms with Crippen molar-refractivity contribution in [3.8, 4) is 0 Å². The second-order valence-corrected chi connectivity index (χ2v) is 5.80. The van der Waals surface area contributed by atoms with E-state index in [9.17, 15) is 9.59 Å². The molecule has 0 aliphatic carbocycles. The first kappa shape index (κ1) is 16.3. The third-order valence-corrected chi connectivity index (χ3v) is 4.20. The fourth-order valence-electron chi connectivity index (χ4n) is 2.81. The van der Waals surface area contributed by atoms with E-state index in [2.05, 4.69) is 15.0 Å². The summed E-state index contributed by atoms with van der Waals surface area (Å²) >= 11 is 0. The van der Waals surface area contributed by atoms with Crippen LogP contribution in [0.5, 0.6) is 0 Å². The van der Waals surface area contributed by atoms with Gasteiger partial charge in [0.15, 0.2) is 0 Å². The lowest BCUT2D eigenvalue weighted by molar-refractivity contribution is 0.0620. The highest BCUT2D eigenvalue weighted by Crippen LogP contribution is 2.10. The van der Waals surface area contributed by atoms with Gasteiger partial charge < -0.3 is 4.90 Å². The minimum Gasteiger partial charge on any atom is -0.335 e. The molecule has 0 N–H and O–H groups in total. The summed E-state index contributed by atoms with van der Waals surface area (Å²) in [7, 11) is 0. The highest BCUT2D eigenvalue weighted by atomic mass is 16.2. The van der Waals surface area contributed by atoms with E-state index >= 15 is 0 Å². The molecular formula is C17H21N5O2. The smallest absolute Gasteiger partial charge is 0.274 e. The van der Waals surface area contributed by atoms with Crippen molar-refractivity contribution in [3.05, 3.63) is 58.3 Å². The molecule has 2 aromatic rings. The van der Waals surface area contributed by atoms with Crippen molar-refractivity contribution < 1.29 is 4.79 Å². The molecule has 3 rings (SSSR count). The van der Waals surface area contributed by atoms with E-state index in [1.165, 1.54) is 22.4 Å². The van der Waals surface area contributed by atoms with Gasteiger partial charge in [-0.25, -0.2) is 4.68 Å². The lowest BCUT2D eigenvalue weighted by Crippen LogP contribution is -2.48. The molecule has 24 heavy (non-hydrogen) atoms. The second-order valence-electron chi connectivity index (χ2n) is 5.80. The Labute approximate surface area is 140 Å². The molecule has 126 valence electrons. The van der Waals surface area contributed by atoms with Gasteiger partial charge in [0, 0.05) is 57.7 Å². The fourth-order valence-corrected chi connectivity index (χ4v) is 2.81. The van der Waals surface area contributed by atoms with Crippen LogP contribution in [0.15, 0.2) is 41.5 Å². The Kier molecular flexibility index (Phi) is 5.00. The maximum Gasteiger partial charge on any atom is 0.274 e. The SMILES string of the molecule is CCn1nc(C(=O)N2CCN(Cc3ccncc3)CC2)ccc1=O. The molecule has 0 atom stereocenters. The monoisotopic (exact) mass is 327 g/mol. The van der Waals surface area contributed by atoms with Crippen molar-refractivity contribution in [1.82, 2.24) is 24.6 Å². The van der Waals surface area contributed by atoms with Gasteiger partial charge in [-0.2, -0.15) is 5.10 Å². The van der Waals surface area contributed by atoms with Crippen LogP contribution in [-0.4, -0.2) is 56.7 Å². The van der Waals surface area contributed by atoms with E-state index in [0.717, 1.165) is 19.6 Å². The Hall–Kier alpha value is -2.54. The van der Waals surface area contributed by atoms with Gasteiger partial charge in [0.1, 0.15) is 5.69 Å². The summed E-state index contributed by atoms with van der Waals surface area (Å²) in [6, 6.07) is 6.94. The van der Waals surface area contributed by atoms with Crippen LogP contribution < -0.4 is 5.56 Å². The van der Waals surface area contributed by atoms with Crippen LogP contribution in [-0.2, 0) is 13.1 Å². The van der Waals surface area contributed by atoms with Crippen molar-refractivity contribution in [2.45, 2.75) is 20.0 Å². The van der Waals surface area contributed by atoms with E-state index in [-0.39, 0.29) is 11.5 Å². The highest BCUT2D eigenvalue weighted by Gasteiger charge is 2.23. The van der Waals surface area contributed by atoms with Crippen molar-refractivity contribution in [1.29, 1.82) is 0 Å². The van der Waals surface area contributed by atoms with Crippen molar-refractivity contribution >= 4 is 5.91 Å². The number of amides is 1. The van der Waals surface area contributed by atoms with Gasteiger partial charge in [-0.05, 0) is 30.7 Å². The van der Waals surface area contributed by atoms with Gasteiger partial charge >= 0.3 is 0 Å². The minimum atomic E-state index is -0.184. The van der Waals surface area contributed by atoms with Crippen molar-refractivity contribution in [2.24, 2.45) is 0 Å². The Morgan fingerprint density at radius 2 is 1.79 bits per heavy atom. The molecule has 1 aliphatic rings.